The molecule has 0 saturated carbocycles. The highest BCUT2D eigenvalue weighted by atomic mass is 79.9. The molecule has 2 nitrogen and oxygen atoms in total. The Morgan fingerprint density at radius 3 is 2.43 bits per heavy atom. The zero-order valence-electron chi connectivity index (χ0n) is 7.74. The van der Waals surface area contributed by atoms with Crippen LogP contribution in [0.5, 0.6) is 0 Å². The van der Waals surface area contributed by atoms with Crippen LogP contribution in [0.25, 0.3) is 11.3 Å². The van der Waals surface area contributed by atoms with E-state index in [0.717, 1.165) is 17.0 Å². The van der Waals surface area contributed by atoms with E-state index in [1.54, 1.807) is 0 Å². The summed E-state index contributed by atoms with van der Waals surface area (Å²) >= 11 is 3.29. The summed E-state index contributed by atoms with van der Waals surface area (Å²) in [6.07, 6.45) is 0. The first kappa shape index (κ1) is 9.34. The Bertz CT molecular complexity index is 420. The lowest BCUT2D eigenvalue weighted by atomic mass is 10.1. The van der Waals surface area contributed by atoms with E-state index in [1.165, 1.54) is 0 Å². The van der Waals surface area contributed by atoms with Crippen LogP contribution in [-0.4, -0.2) is 9.97 Å². The number of hydrogen-bond donors (Lipinski definition) is 0. The molecule has 0 unspecified atom stereocenters. The molecule has 2 rings (SSSR count). The van der Waals surface area contributed by atoms with Crippen LogP contribution in [-0.2, 0) is 0 Å². The average Bonchev–Trinajstić information content (AvgIpc) is 2.18. The lowest BCUT2D eigenvalue weighted by molar-refractivity contribution is 1.06. The smallest absolute Gasteiger partial charge is 0.197 e. The topological polar surface area (TPSA) is 25.8 Å². The Hall–Kier alpha value is -1.22. The molecular weight excluding hydrogens is 240 g/mol. The Balaban J connectivity index is 2.52. The Morgan fingerprint density at radius 1 is 1.07 bits per heavy atom. The molecule has 0 atom stereocenters. The molecule has 0 saturated heterocycles. The molecule has 1 aromatic heterocycles. The minimum Gasteiger partial charge on any atom is -0.227 e. The average molecular weight is 249 g/mol. The summed E-state index contributed by atoms with van der Waals surface area (Å²) in [5, 5.41) is 0. The van der Waals surface area contributed by atoms with Crippen LogP contribution in [0, 0.1) is 6.92 Å². The highest BCUT2D eigenvalue weighted by Crippen LogP contribution is 2.18. The molecule has 0 bridgehead atoms. The number of rotatable bonds is 1. The van der Waals surface area contributed by atoms with Crippen molar-refractivity contribution in [2.45, 2.75) is 6.92 Å². The van der Waals surface area contributed by atoms with Gasteiger partial charge in [0.2, 0.25) is 0 Å². The lowest BCUT2D eigenvalue weighted by Gasteiger charge is -2.01. The lowest BCUT2D eigenvalue weighted by Crippen LogP contribution is -1.90. The van der Waals surface area contributed by atoms with Gasteiger partial charge in [-0.15, -0.1) is 0 Å². The molecule has 0 spiro atoms. The second kappa shape index (κ2) is 3.88. The summed E-state index contributed by atoms with van der Waals surface area (Å²) < 4.78 is 0.636. The van der Waals surface area contributed by atoms with Crippen molar-refractivity contribution in [2.75, 3.05) is 0 Å². The Morgan fingerprint density at radius 2 is 1.79 bits per heavy atom. The first-order valence-electron chi connectivity index (χ1n) is 4.32. The summed E-state index contributed by atoms with van der Waals surface area (Å²) in [5.74, 6) is 0. The molecule has 0 aliphatic carbocycles. The van der Waals surface area contributed by atoms with Gasteiger partial charge in [0.1, 0.15) is 0 Å². The van der Waals surface area contributed by atoms with Crippen LogP contribution in [0.1, 0.15) is 5.69 Å². The maximum Gasteiger partial charge on any atom is 0.197 e. The van der Waals surface area contributed by atoms with E-state index in [-0.39, 0.29) is 0 Å². The van der Waals surface area contributed by atoms with Gasteiger partial charge in [-0.25, -0.2) is 9.97 Å². The van der Waals surface area contributed by atoms with Gasteiger partial charge in [0, 0.05) is 11.3 Å². The summed E-state index contributed by atoms with van der Waals surface area (Å²) in [6.45, 7) is 1.96. The minimum absolute atomic E-state index is 0.636. The molecular formula is C11H9BrN2. The predicted molar refractivity (Wildman–Crippen MR) is 59.9 cm³/mol. The van der Waals surface area contributed by atoms with Crippen LogP contribution in [0.4, 0.5) is 0 Å². The summed E-state index contributed by atoms with van der Waals surface area (Å²) in [4.78, 5) is 8.48. The molecule has 0 fully saturated rings. The van der Waals surface area contributed by atoms with Crippen LogP contribution >= 0.6 is 15.9 Å². The van der Waals surface area contributed by atoms with Crippen molar-refractivity contribution in [3.63, 3.8) is 0 Å². The highest BCUT2D eigenvalue weighted by Gasteiger charge is 2.01. The zero-order valence-corrected chi connectivity index (χ0v) is 9.32. The van der Waals surface area contributed by atoms with Crippen molar-refractivity contribution < 1.29 is 0 Å². The van der Waals surface area contributed by atoms with E-state index in [1.807, 2.05) is 43.3 Å². The van der Waals surface area contributed by atoms with Crippen molar-refractivity contribution in [3.05, 3.63) is 46.8 Å². The summed E-state index contributed by atoms with van der Waals surface area (Å²) in [6, 6.07) is 12.0. The van der Waals surface area contributed by atoms with Gasteiger partial charge in [0.05, 0.1) is 5.69 Å². The molecule has 0 aliphatic heterocycles. The molecule has 3 heteroatoms. The fourth-order valence-corrected chi connectivity index (χ4v) is 1.76. The number of hydrogen-bond acceptors (Lipinski definition) is 2. The Kier molecular flexibility index (Phi) is 2.59. The molecule has 1 aromatic carbocycles. The predicted octanol–water partition coefficient (Wildman–Crippen LogP) is 3.21. The number of benzene rings is 1. The fraction of sp³-hybridized carbons (Fsp3) is 0.0909. The second-order valence-corrected chi connectivity index (χ2v) is 3.74. The maximum absolute atomic E-state index is 4.31. The van der Waals surface area contributed by atoms with E-state index >= 15 is 0 Å². The summed E-state index contributed by atoms with van der Waals surface area (Å²) in [5.41, 5.74) is 3.02. The number of halogens is 1. The summed E-state index contributed by atoms with van der Waals surface area (Å²) in [7, 11) is 0. The SMILES string of the molecule is Cc1cc(-c2ccccc2)nc(Br)n1. The molecule has 14 heavy (non-hydrogen) atoms. The second-order valence-electron chi connectivity index (χ2n) is 3.03. The highest BCUT2D eigenvalue weighted by molar-refractivity contribution is 9.10. The normalized spacial score (nSPS) is 10.1. The van der Waals surface area contributed by atoms with Crippen molar-refractivity contribution >= 4 is 15.9 Å². The third-order valence-electron chi connectivity index (χ3n) is 1.90. The van der Waals surface area contributed by atoms with Crippen LogP contribution in [0.2, 0.25) is 0 Å². The van der Waals surface area contributed by atoms with Crippen molar-refractivity contribution in [2.24, 2.45) is 0 Å². The van der Waals surface area contributed by atoms with E-state index in [9.17, 15) is 0 Å². The Labute approximate surface area is 91.2 Å². The zero-order chi connectivity index (χ0) is 9.97. The van der Waals surface area contributed by atoms with Gasteiger partial charge < -0.3 is 0 Å². The standard InChI is InChI=1S/C11H9BrN2/c1-8-7-10(14-11(12)13-8)9-5-3-2-4-6-9/h2-7H,1H3. The first-order chi connectivity index (χ1) is 6.75. The van der Waals surface area contributed by atoms with E-state index in [0.29, 0.717) is 4.73 Å². The molecule has 0 radical (unpaired) electrons. The van der Waals surface area contributed by atoms with E-state index in [4.69, 9.17) is 0 Å². The molecule has 0 amide bonds. The number of aryl methyl sites for hydroxylation is 1. The van der Waals surface area contributed by atoms with Crippen molar-refractivity contribution in [3.8, 4) is 11.3 Å². The number of nitrogens with zero attached hydrogens (tertiary/aromatic N) is 2. The molecule has 0 aliphatic rings. The van der Waals surface area contributed by atoms with Crippen molar-refractivity contribution in [1.29, 1.82) is 0 Å². The van der Waals surface area contributed by atoms with Crippen LogP contribution in [0.15, 0.2) is 41.1 Å². The maximum atomic E-state index is 4.31. The van der Waals surface area contributed by atoms with Crippen molar-refractivity contribution in [1.82, 2.24) is 9.97 Å². The van der Waals surface area contributed by atoms with Gasteiger partial charge in [-0.2, -0.15) is 0 Å². The van der Waals surface area contributed by atoms with Gasteiger partial charge in [-0.05, 0) is 28.9 Å². The third-order valence-corrected chi connectivity index (χ3v) is 2.25. The van der Waals surface area contributed by atoms with Crippen LogP contribution in [0.3, 0.4) is 0 Å². The molecule has 70 valence electrons. The third kappa shape index (κ3) is 1.99. The van der Waals surface area contributed by atoms with E-state index < -0.39 is 0 Å². The van der Waals surface area contributed by atoms with Gasteiger partial charge in [-0.3, -0.25) is 0 Å². The number of aromatic nitrogens is 2. The quantitative estimate of drug-likeness (QED) is 0.725. The monoisotopic (exact) mass is 248 g/mol. The van der Waals surface area contributed by atoms with Gasteiger partial charge >= 0.3 is 0 Å². The van der Waals surface area contributed by atoms with E-state index in [2.05, 4.69) is 25.9 Å². The molecule has 1 heterocycles. The fourth-order valence-electron chi connectivity index (χ4n) is 1.29. The molecule has 0 N–H and O–H groups in total. The van der Waals surface area contributed by atoms with Gasteiger partial charge in [0.15, 0.2) is 4.73 Å². The largest absolute Gasteiger partial charge is 0.227 e. The molecule has 2 aromatic rings. The first-order valence-corrected chi connectivity index (χ1v) is 5.11. The van der Waals surface area contributed by atoms with Gasteiger partial charge in [-0.1, -0.05) is 30.3 Å². The minimum atomic E-state index is 0.636. The van der Waals surface area contributed by atoms with Gasteiger partial charge in [0.25, 0.3) is 0 Å². The van der Waals surface area contributed by atoms with Crippen LogP contribution < -0.4 is 0 Å².